The first-order chi connectivity index (χ1) is 14.8. The molecule has 4 rings (SSSR count). The van der Waals surface area contributed by atoms with Crippen LogP contribution in [-0.4, -0.2) is 17.4 Å². The molecule has 1 saturated heterocycles. The average molecular weight is 413 g/mol. The van der Waals surface area contributed by atoms with E-state index < -0.39 is 5.60 Å². The molecule has 0 bridgehead atoms. The lowest BCUT2D eigenvalue weighted by Crippen LogP contribution is -2.46. The lowest BCUT2D eigenvalue weighted by molar-refractivity contribution is 0.00695. The number of carbonyl (C=O) groups is 1. The normalized spacial score (nSPS) is 17.4. The molecule has 0 N–H and O–H groups in total. The third kappa shape index (κ3) is 4.85. The van der Waals surface area contributed by atoms with Crippen LogP contribution in [0.25, 0.3) is 0 Å². The fraction of sp³-hybridized carbons (Fsp3) is 0.259. The van der Waals surface area contributed by atoms with Gasteiger partial charge in [0.1, 0.15) is 11.4 Å². The Labute approximate surface area is 184 Å². The Kier molecular flexibility index (Phi) is 5.64. The second-order valence-corrected chi connectivity index (χ2v) is 8.91. The van der Waals surface area contributed by atoms with E-state index in [1.54, 1.807) is 0 Å². The molecule has 0 saturated carbocycles. The van der Waals surface area contributed by atoms with Gasteiger partial charge in [-0.15, -0.1) is 0 Å². The van der Waals surface area contributed by atoms with Crippen LogP contribution >= 0.6 is 0 Å². The summed E-state index contributed by atoms with van der Waals surface area (Å²) in [5.41, 5.74) is 4.51. The van der Waals surface area contributed by atoms with Crippen LogP contribution in [0.5, 0.6) is 0 Å². The number of anilines is 1. The van der Waals surface area contributed by atoms with Gasteiger partial charge in [-0.3, -0.25) is 0 Å². The van der Waals surface area contributed by atoms with Crippen molar-refractivity contribution in [3.05, 3.63) is 95.6 Å². The summed E-state index contributed by atoms with van der Waals surface area (Å²) in [7, 11) is 0. The molecule has 1 heterocycles. The maximum absolute atomic E-state index is 12.3. The Morgan fingerprint density at radius 2 is 1.58 bits per heavy atom. The Balaban J connectivity index is 1.60. The summed E-state index contributed by atoms with van der Waals surface area (Å²) in [4.78, 5) is 19.5. The van der Waals surface area contributed by atoms with Crippen LogP contribution in [-0.2, 0) is 4.74 Å². The number of aryl methyl sites for hydroxylation is 1. The second kappa shape index (κ2) is 8.38. The third-order valence-electron chi connectivity index (χ3n) is 5.22. The highest BCUT2D eigenvalue weighted by molar-refractivity contribution is 6.06. The molecule has 4 heteroatoms. The van der Waals surface area contributed by atoms with Crippen molar-refractivity contribution in [2.75, 3.05) is 4.90 Å². The zero-order valence-corrected chi connectivity index (χ0v) is 18.5. The molecule has 3 aromatic rings. The molecular formula is C27H28N2O2. The van der Waals surface area contributed by atoms with E-state index in [0.717, 1.165) is 29.2 Å². The SMILES string of the molecule is Cc1ccc(N2C(=Nc3ccccc3)CC2c2ccc(C(=O)OC(C)(C)C)cc2)cc1. The predicted molar refractivity (Wildman–Crippen MR) is 126 cm³/mol. The first-order valence-corrected chi connectivity index (χ1v) is 10.6. The average Bonchev–Trinajstić information content (AvgIpc) is 2.72. The Bertz CT molecular complexity index is 1080. The Morgan fingerprint density at radius 3 is 2.19 bits per heavy atom. The van der Waals surface area contributed by atoms with Crippen molar-refractivity contribution in [2.24, 2.45) is 4.99 Å². The monoisotopic (exact) mass is 412 g/mol. The van der Waals surface area contributed by atoms with Crippen molar-refractivity contribution < 1.29 is 9.53 Å². The van der Waals surface area contributed by atoms with E-state index in [-0.39, 0.29) is 12.0 Å². The summed E-state index contributed by atoms with van der Waals surface area (Å²) in [6, 6.07) is 26.5. The van der Waals surface area contributed by atoms with Gasteiger partial charge in [0.05, 0.1) is 17.3 Å². The number of benzene rings is 3. The Morgan fingerprint density at radius 1 is 0.935 bits per heavy atom. The van der Waals surface area contributed by atoms with Crippen LogP contribution in [0.2, 0.25) is 0 Å². The van der Waals surface area contributed by atoms with E-state index in [1.807, 2.05) is 75.4 Å². The first-order valence-electron chi connectivity index (χ1n) is 10.6. The van der Waals surface area contributed by atoms with Crippen LogP contribution in [0, 0.1) is 6.92 Å². The molecule has 1 fully saturated rings. The van der Waals surface area contributed by atoms with Gasteiger partial charge in [0.15, 0.2) is 0 Å². The molecule has 0 aliphatic carbocycles. The lowest BCUT2D eigenvalue weighted by Gasteiger charge is -2.44. The van der Waals surface area contributed by atoms with Crippen molar-refractivity contribution in [3.8, 4) is 0 Å². The third-order valence-corrected chi connectivity index (χ3v) is 5.22. The van der Waals surface area contributed by atoms with Crippen LogP contribution in [0.15, 0.2) is 83.9 Å². The van der Waals surface area contributed by atoms with Crippen LogP contribution in [0.1, 0.15) is 54.7 Å². The zero-order valence-electron chi connectivity index (χ0n) is 18.5. The number of hydrogen-bond acceptors (Lipinski definition) is 3. The lowest BCUT2D eigenvalue weighted by atomic mass is 9.91. The predicted octanol–water partition coefficient (Wildman–Crippen LogP) is 6.63. The number of hydrogen-bond donors (Lipinski definition) is 0. The highest BCUT2D eigenvalue weighted by atomic mass is 16.6. The number of amidine groups is 1. The highest BCUT2D eigenvalue weighted by Gasteiger charge is 2.36. The molecule has 1 aliphatic heterocycles. The summed E-state index contributed by atoms with van der Waals surface area (Å²) in [6.45, 7) is 7.72. The van der Waals surface area contributed by atoms with Crippen molar-refractivity contribution in [3.63, 3.8) is 0 Å². The first kappa shape index (κ1) is 20.9. The zero-order chi connectivity index (χ0) is 22.0. The van der Waals surface area contributed by atoms with E-state index in [9.17, 15) is 4.79 Å². The smallest absolute Gasteiger partial charge is 0.338 e. The molecule has 1 unspecified atom stereocenters. The quantitative estimate of drug-likeness (QED) is 0.452. The van der Waals surface area contributed by atoms with Gasteiger partial charge < -0.3 is 9.64 Å². The minimum atomic E-state index is -0.505. The molecule has 1 atom stereocenters. The number of para-hydroxylation sites is 1. The molecule has 31 heavy (non-hydrogen) atoms. The number of carbonyl (C=O) groups excluding carboxylic acids is 1. The molecule has 0 radical (unpaired) electrons. The van der Waals surface area contributed by atoms with Gasteiger partial charge in [0.2, 0.25) is 0 Å². The largest absolute Gasteiger partial charge is 0.456 e. The second-order valence-electron chi connectivity index (χ2n) is 8.91. The summed E-state index contributed by atoms with van der Waals surface area (Å²) in [5, 5.41) is 0. The van der Waals surface area contributed by atoms with Crippen molar-refractivity contribution >= 4 is 23.2 Å². The molecule has 0 amide bonds. The summed E-state index contributed by atoms with van der Waals surface area (Å²) < 4.78 is 5.48. The number of rotatable bonds is 4. The number of esters is 1. The van der Waals surface area contributed by atoms with Crippen molar-refractivity contribution in [2.45, 2.75) is 45.8 Å². The molecule has 3 aromatic carbocycles. The van der Waals surface area contributed by atoms with E-state index in [2.05, 4.69) is 36.1 Å². The molecule has 1 aliphatic rings. The summed E-state index contributed by atoms with van der Waals surface area (Å²) in [6.07, 6.45) is 0.842. The highest BCUT2D eigenvalue weighted by Crippen LogP contribution is 2.40. The maximum Gasteiger partial charge on any atom is 0.338 e. The van der Waals surface area contributed by atoms with Gasteiger partial charge in [0, 0.05) is 12.1 Å². The fourth-order valence-electron chi connectivity index (χ4n) is 3.66. The van der Waals surface area contributed by atoms with E-state index >= 15 is 0 Å². The number of ether oxygens (including phenoxy) is 1. The van der Waals surface area contributed by atoms with Gasteiger partial charge in [-0.2, -0.15) is 0 Å². The maximum atomic E-state index is 12.3. The Hall–Kier alpha value is -3.40. The number of aliphatic imine (C=N–C) groups is 1. The van der Waals surface area contributed by atoms with Gasteiger partial charge in [0.25, 0.3) is 0 Å². The van der Waals surface area contributed by atoms with E-state index in [0.29, 0.717) is 5.56 Å². The van der Waals surface area contributed by atoms with Crippen LogP contribution in [0.3, 0.4) is 0 Å². The van der Waals surface area contributed by atoms with Crippen molar-refractivity contribution in [1.29, 1.82) is 0 Å². The van der Waals surface area contributed by atoms with E-state index in [4.69, 9.17) is 9.73 Å². The van der Waals surface area contributed by atoms with Gasteiger partial charge in [-0.1, -0.05) is 48.0 Å². The minimum absolute atomic E-state index is 0.179. The summed E-state index contributed by atoms with van der Waals surface area (Å²) >= 11 is 0. The molecule has 158 valence electrons. The van der Waals surface area contributed by atoms with Gasteiger partial charge in [-0.25, -0.2) is 9.79 Å². The standard InChI is InChI=1S/C27H28N2O2/c1-19-10-16-23(17-11-19)29-24(18-25(29)28-22-8-6-5-7-9-22)20-12-14-21(15-13-20)26(30)31-27(2,3)4/h5-17,24H,18H2,1-4H3. The van der Waals surface area contributed by atoms with Crippen molar-refractivity contribution in [1.82, 2.24) is 0 Å². The fourth-order valence-corrected chi connectivity index (χ4v) is 3.66. The molecule has 0 aromatic heterocycles. The summed E-state index contributed by atoms with van der Waals surface area (Å²) in [5.74, 6) is 0.741. The van der Waals surface area contributed by atoms with Crippen LogP contribution < -0.4 is 4.90 Å². The molecular weight excluding hydrogens is 384 g/mol. The van der Waals surface area contributed by atoms with Crippen LogP contribution in [0.4, 0.5) is 11.4 Å². The molecule has 0 spiro atoms. The number of nitrogens with zero attached hydrogens (tertiary/aromatic N) is 2. The van der Waals surface area contributed by atoms with E-state index in [1.165, 1.54) is 5.56 Å². The molecule has 4 nitrogen and oxygen atoms in total. The minimum Gasteiger partial charge on any atom is -0.456 e. The topological polar surface area (TPSA) is 41.9 Å². The van der Waals surface area contributed by atoms with Gasteiger partial charge in [-0.05, 0) is 69.7 Å². The van der Waals surface area contributed by atoms with Gasteiger partial charge >= 0.3 is 5.97 Å².